The van der Waals surface area contributed by atoms with Crippen molar-refractivity contribution in [1.82, 2.24) is 5.32 Å². The summed E-state index contributed by atoms with van der Waals surface area (Å²) < 4.78 is 0. The van der Waals surface area contributed by atoms with Gasteiger partial charge in [-0.2, -0.15) is 23.5 Å². The Morgan fingerprint density at radius 3 is 2.20 bits per heavy atom. The van der Waals surface area contributed by atoms with Crippen LogP contribution in [0.25, 0.3) is 0 Å². The molecule has 0 heterocycles. The Morgan fingerprint density at radius 2 is 1.60 bits per heavy atom. The number of aliphatic hydroxyl groups is 5. The Kier molecular flexibility index (Phi) is 12.6. The van der Waals surface area contributed by atoms with E-state index < -0.39 is 71.9 Å². The van der Waals surface area contributed by atoms with Gasteiger partial charge >= 0.3 is 5.97 Å². The van der Waals surface area contributed by atoms with Gasteiger partial charge in [0.05, 0.1) is 36.8 Å². The highest BCUT2D eigenvalue weighted by Gasteiger charge is 2.46. The van der Waals surface area contributed by atoms with Crippen LogP contribution in [0, 0.1) is 11.8 Å². The smallest absolute Gasteiger partial charge is 0.305 e. The zero-order valence-electron chi connectivity index (χ0n) is 19.6. The molecule has 0 bridgehead atoms. The Hall–Kier alpha value is -1.09. The third-order valence-corrected chi connectivity index (χ3v) is 9.43. The minimum Gasteiger partial charge on any atom is -0.481 e. The van der Waals surface area contributed by atoms with Gasteiger partial charge in [-0.05, 0) is 30.9 Å². The van der Waals surface area contributed by atoms with E-state index in [1.165, 1.54) is 32.1 Å². The van der Waals surface area contributed by atoms with Gasteiger partial charge in [-0.3, -0.25) is 14.4 Å². The molecule has 35 heavy (non-hydrogen) atoms. The molecule has 2 aliphatic carbocycles. The number of hydrogen-bond acceptors (Lipinski definition) is 10. The fourth-order valence-electron chi connectivity index (χ4n) is 4.48. The number of amides is 2. The topological polar surface area (TPSA) is 211 Å². The molecule has 0 unspecified atom stereocenters. The molecule has 0 radical (unpaired) electrons. The number of carbonyl (C=O) groups excluding carboxylic acids is 2. The first-order valence-corrected chi connectivity index (χ1v) is 14.1. The number of nitrogens with two attached hydrogens (primary N) is 1. The molecule has 2 fully saturated rings. The number of thioether (sulfide) groups is 2. The number of nitrogens with one attached hydrogen (secondary N) is 1. The van der Waals surface area contributed by atoms with Crippen molar-refractivity contribution in [2.24, 2.45) is 17.6 Å². The van der Waals surface area contributed by atoms with Crippen LogP contribution in [0.3, 0.4) is 0 Å². The SMILES string of the molecule is NC(=O)[C@H](CC(=O)O)NC(=O)[C@H]1C[C@@H](O)[C@H](O)[C@H](O)[C@H]1SC[C@H](O)[C@H](O)CSCC1CCCCC1. The van der Waals surface area contributed by atoms with Crippen LogP contribution in [-0.4, -0.2) is 107 Å². The van der Waals surface area contributed by atoms with E-state index in [0.29, 0.717) is 11.7 Å². The van der Waals surface area contributed by atoms with E-state index in [4.69, 9.17) is 10.8 Å². The van der Waals surface area contributed by atoms with Crippen molar-refractivity contribution in [3.05, 3.63) is 0 Å². The van der Waals surface area contributed by atoms with Gasteiger partial charge in [-0.1, -0.05) is 19.3 Å². The number of aliphatic carboxylic acids is 1. The van der Waals surface area contributed by atoms with Crippen molar-refractivity contribution >= 4 is 41.3 Å². The maximum absolute atomic E-state index is 12.8. The lowest BCUT2D eigenvalue weighted by Gasteiger charge is -2.40. The number of hydrogen-bond donors (Lipinski definition) is 8. The van der Waals surface area contributed by atoms with Crippen molar-refractivity contribution in [2.75, 3.05) is 17.3 Å². The summed E-state index contributed by atoms with van der Waals surface area (Å²) in [6.07, 6.45) is -1.56. The second-order valence-corrected chi connectivity index (χ2v) is 11.7. The summed E-state index contributed by atoms with van der Waals surface area (Å²) in [5.74, 6) is -2.47. The van der Waals surface area contributed by atoms with E-state index in [2.05, 4.69) is 5.32 Å². The molecule has 0 aromatic carbocycles. The molecule has 2 saturated carbocycles. The molecule has 0 aromatic rings. The van der Waals surface area contributed by atoms with Crippen LogP contribution >= 0.6 is 23.5 Å². The summed E-state index contributed by atoms with van der Waals surface area (Å²) in [7, 11) is 0. The molecule has 0 aliphatic heterocycles. The molecule has 0 aromatic heterocycles. The second kappa shape index (κ2) is 14.6. The molecule has 9 N–H and O–H groups in total. The maximum Gasteiger partial charge on any atom is 0.305 e. The quantitative estimate of drug-likeness (QED) is 0.138. The highest BCUT2D eigenvalue weighted by molar-refractivity contribution is 8.00. The highest BCUT2D eigenvalue weighted by Crippen LogP contribution is 2.35. The zero-order chi connectivity index (χ0) is 26.1. The van der Waals surface area contributed by atoms with Gasteiger partial charge in [0.25, 0.3) is 0 Å². The third kappa shape index (κ3) is 9.38. The molecule has 8 atom stereocenters. The van der Waals surface area contributed by atoms with Crippen molar-refractivity contribution in [3.8, 4) is 0 Å². The summed E-state index contributed by atoms with van der Waals surface area (Å²) in [6.45, 7) is 0. The Balaban J connectivity index is 1.94. The van der Waals surface area contributed by atoms with E-state index in [9.17, 15) is 39.9 Å². The van der Waals surface area contributed by atoms with Gasteiger partial charge in [0, 0.05) is 16.8 Å². The fourth-order valence-corrected chi connectivity index (χ4v) is 7.22. The summed E-state index contributed by atoms with van der Waals surface area (Å²) in [6, 6.07) is -1.49. The number of aliphatic hydroxyl groups excluding tert-OH is 5. The molecule has 11 nitrogen and oxygen atoms in total. The third-order valence-electron chi connectivity index (χ3n) is 6.62. The Labute approximate surface area is 213 Å². The van der Waals surface area contributed by atoms with Crippen molar-refractivity contribution in [3.63, 3.8) is 0 Å². The van der Waals surface area contributed by atoms with E-state index >= 15 is 0 Å². The first-order valence-electron chi connectivity index (χ1n) is 11.9. The first-order chi connectivity index (χ1) is 16.5. The predicted octanol–water partition coefficient (Wildman–Crippen LogP) is -1.33. The number of primary amides is 1. The number of carboxylic acid groups (broad SMARTS) is 1. The molecular formula is C22H38N2O9S2. The van der Waals surface area contributed by atoms with Crippen molar-refractivity contribution < 1.29 is 45.0 Å². The largest absolute Gasteiger partial charge is 0.481 e. The zero-order valence-corrected chi connectivity index (χ0v) is 21.2. The molecule has 202 valence electrons. The average molecular weight is 539 g/mol. The van der Waals surface area contributed by atoms with Crippen LogP contribution in [0.2, 0.25) is 0 Å². The van der Waals surface area contributed by atoms with Gasteiger partial charge in [-0.15, -0.1) is 0 Å². The van der Waals surface area contributed by atoms with Crippen LogP contribution in [-0.2, 0) is 14.4 Å². The first kappa shape index (κ1) is 30.1. The molecule has 13 heteroatoms. The lowest BCUT2D eigenvalue weighted by molar-refractivity contribution is -0.142. The van der Waals surface area contributed by atoms with E-state index in [-0.39, 0.29) is 12.2 Å². The standard InChI is InChI=1S/C22H38N2O9S2/c23-21(32)13(7-17(28)29)24-22(33)12-6-14(25)18(30)19(31)20(12)35-10-16(27)15(26)9-34-8-11-4-2-1-3-5-11/h11-16,18-20,25-27,30-31H,1-10H2,(H2,23,32)(H,24,33)(H,28,29)/t12-,13-,14+,15+,16-,18-,19-,20-/m0/s1. The number of carbonyl (C=O) groups is 3. The van der Waals surface area contributed by atoms with Crippen LogP contribution in [0.4, 0.5) is 0 Å². The lowest BCUT2D eigenvalue weighted by atomic mass is 9.82. The Morgan fingerprint density at radius 1 is 0.971 bits per heavy atom. The van der Waals surface area contributed by atoms with E-state index in [1.54, 1.807) is 11.8 Å². The monoisotopic (exact) mass is 538 g/mol. The van der Waals surface area contributed by atoms with Gasteiger partial charge in [0.15, 0.2) is 0 Å². The normalized spacial score (nSPS) is 30.3. The van der Waals surface area contributed by atoms with Gasteiger partial charge in [0.1, 0.15) is 12.1 Å². The van der Waals surface area contributed by atoms with Gasteiger partial charge in [-0.25, -0.2) is 0 Å². The fraction of sp³-hybridized carbons (Fsp3) is 0.864. The lowest BCUT2D eigenvalue weighted by Crippen LogP contribution is -2.58. The van der Waals surface area contributed by atoms with Gasteiger partial charge < -0.3 is 41.7 Å². The van der Waals surface area contributed by atoms with Crippen LogP contribution in [0.15, 0.2) is 0 Å². The van der Waals surface area contributed by atoms with Crippen molar-refractivity contribution in [1.29, 1.82) is 0 Å². The molecule has 2 aliphatic rings. The average Bonchev–Trinajstić information content (AvgIpc) is 2.81. The van der Waals surface area contributed by atoms with E-state index in [0.717, 1.165) is 17.5 Å². The minimum absolute atomic E-state index is 0.0478. The minimum atomic E-state index is -1.53. The van der Waals surface area contributed by atoms with Crippen LogP contribution < -0.4 is 11.1 Å². The predicted molar refractivity (Wildman–Crippen MR) is 132 cm³/mol. The summed E-state index contributed by atoms with van der Waals surface area (Å²) in [5, 5.41) is 61.7. The molecular weight excluding hydrogens is 500 g/mol. The van der Waals surface area contributed by atoms with Crippen molar-refractivity contribution in [2.45, 2.75) is 86.8 Å². The summed E-state index contributed by atoms with van der Waals surface area (Å²) in [4.78, 5) is 35.3. The van der Waals surface area contributed by atoms with Gasteiger partial charge in [0.2, 0.25) is 11.8 Å². The molecule has 0 spiro atoms. The summed E-state index contributed by atoms with van der Waals surface area (Å²) in [5.41, 5.74) is 5.17. The maximum atomic E-state index is 12.8. The summed E-state index contributed by atoms with van der Waals surface area (Å²) >= 11 is 2.54. The molecule has 0 saturated heterocycles. The highest BCUT2D eigenvalue weighted by atomic mass is 32.2. The molecule has 2 rings (SSSR count). The van der Waals surface area contributed by atoms with E-state index in [1.807, 2.05) is 0 Å². The Bertz CT molecular complexity index is 710. The second-order valence-electron chi connectivity index (χ2n) is 9.43. The van der Waals surface area contributed by atoms with Crippen LogP contribution in [0.5, 0.6) is 0 Å². The number of carboxylic acids is 1. The van der Waals surface area contributed by atoms with Crippen LogP contribution in [0.1, 0.15) is 44.9 Å². The number of rotatable bonds is 13. The molecule has 2 amide bonds.